The van der Waals surface area contributed by atoms with Crippen molar-refractivity contribution in [1.29, 1.82) is 0 Å². The lowest BCUT2D eigenvalue weighted by molar-refractivity contribution is -0.140. The molecule has 27 heavy (non-hydrogen) atoms. The summed E-state index contributed by atoms with van der Waals surface area (Å²) in [7, 11) is 4.48. The second-order valence-electron chi connectivity index (χ2n) is 6.19. The number of fused-ring (bicyclic) bond motifs is 1. The molecule has 0 fully saturated rings. The number of carbonyl (C=O) groups is 2. The van der Waals surface area contributed by atoms with Crippen LogP contribution in [0.1, 0.15) is 28.8 Å². The average Bonchev–Trinajstić information content (AvgIpc) is 3.18. The maximum atomic E-state index is 12.5. The van der Waals surface area contributed by atoms with E-state index in [1.165, 1.54) is 7.11 Å². The summed E-state index contributed by atoms with van der Waals surface area (Å²) in [6.45, 7) is 1.96. The summed E-state index contributed by atoms with van der Waals surface area (Å²) in [4.78, 5) is 27.0. The van der Waals surface area contributed by atoms with E-state index in [2.05, 4.69) is 15.0 Å². The van der Waals surface area contributed by atoms with Crippen molar-refractivity contribution in [2.75, 3.05) is 26.6 Å². The third kappa shape index (κ3) is 3.53. The Bertz CT molecular complexity index is 927. The molecule has 1 aliphatic rings. The fourth-order valence-electron chi connectivity index (χ4n) is 3.11. The molecule has 3 rings (SSSR count). The molecule has 7 heteroatoms. The van der Waals surface area contributed by atoms with Gasteiger partial charge in [0.15, 0.2) is 11.5 Å². The van der Waals surface area contributed by atoms with Crippen LogP contribution in [-0.2, 0) is 20.7 Å². The van der Waals surface area contributed by atoms with E-state index in [4.69, 9.17) is 9.47 Å². The van der Waals surface area contributed by atoms with Crippen molar-refractivity contribution in [3.8, 4) is 11.5 Å². The van der Waals surface area contributed by atoms with Crippen molar-refractivity contribution in [3.05, 3.63) is 40.7 Å². The van der Waals surface area contributed by atoms with Crippen molar-refractivity contribution in [2.24, 2.45) is 0 Å². The second-order valence-corrected chi connectivity index (χ2v) is 6.19. The van der Waals surface area contributed by atoms with Gasteiger partial charge in [0.25, 0.3) is 5.91 Å². The van der Waals surface area contributed by atoms with Gasteiger partial charge in [-0.1, -0.05) is 0 Å². The second kappa shape index (κ2) is 7.57. The van der Waals surface area contributed by atoms with E-state index in [-0.39, 0.29) is 11.9 Å². The van der Waals surface area contributed by atoms with Crippen LogP contribution in [0.3, 0.4) is 0 Å². The molecule has 7 nitrogen and oxygen atoms in total. The first-order valence-electron chi connectivity index (χ1n) is 8.51. The van der Waals surface area contributed by atoms with Crippen molar-refractivity contribution in [2.45, 2.75) is 19.8 Å². The summed E-state index contributed by atoms with van der Waals surface area (Å²) in [6.07, 6.45) is 4.55. The van der Waals surface area contributed by atoms with Crippen LogP contribution in [-0.4, -0.2) is 38.2 Å². The highest BCUT2D eigenvalue weighted by atomic mass is 16.5. The van der Waals surface area contributed by atoms with Gasteiger partial charge in [-0.05, 0) is 36.6 Å². The number of hydrogen-bond acceptors (Lipinski definition) is 5. The summed E-state index contributed by atoms with van der Waals surface area (Å²) < 4.78 is 15.3. The van der Waals surface area contributed by atoms with E-state index in [0.717, 1.165) is 22.4 Å². The Morgan fingerprint density at radius 2 is 1.85 bits per heavy atom. The van der Waals surface area contributed by atoms with E-state index in [9.17, 15) is 9.59 Å². The molecule has 2 heterocycles. The average molecular weight is 370 g/mol. The number of aryl methyl sites for hydroxylation is 1. The Morgan fingerprint density at radius 3 is 2.52 bits per heavy atom. The number of esters is 1. The lowest BCUT2D eigenvalue weighted by Crippen LogP contribution is -2.04. The maximum absolute atomic E-state index is 12.5. The number of nitrogens with one attached hydrogen (secondary N) is 2. The Labute approximate surface area is 157 Å². The minimum absolute atomic E-state index is 0.189. The lowest BCUT2D eigenvalue weighted by atomic mass is 10.0. The molecule has 2 aromatic rings. The van der Waals surface area contributed by atoms with Gasteiger partial charge < -0.3 is 24.5 Å². The summed E-state index contributed by atoms with van der Waals surface area (Å²) in [5.74, 6) is 0.672. The van der Waals surface area contributed by atoms with Crippen LogP contribution in [0.4, 0.5) is 5.69 Å². The van der Waals surface area contributed by atoms with Gasteiger partial charge in [0.05, 0.1) is 32.6 Å². The number of hydrogen-bond donors (Lipinski definition) is 2. The molecule has 1 aromatic heterocycles. The maximum Gasteiger partial charge on any atom is 0.305 e. The molecule has 0 saturated heterocycles. The number of amides is 1. The SMILES string of the molecule is COC(=O)CCc1c[nH]c(C=C2C(=O)Nc3cc(OC)c(OC)cc32)c1C. The van der Waals surface area contributed by atoms with Crippen LogP contribution in [0.2, 0.25) is 0 Å². The number of methoxy groups -OCH3 is 3. The zero-order valence-corrected chi connectivity index (χ0v) is 15.8. The first-order chi connectivity index (χ1) is 13.0. The normalized spacial score (nSPS) is 14.1. The molecule has 0 atom stereocenters. The number of carbonyl (C=O) groups excluding carboxylic acids is 2. The predicted molar refractivity (Wildman–Crippen MR) is 102 cm³/mol. The van der Waals surface area contributed by atoms with Crippen molar-refractivity contribution < 1.29 is 23.8 Å². The van der Waals surface area contributed by atoms with Crippen molar-refractivity contribution in [1.82, 2.24) is 4.98 Å². The van der Waals surface area contributed by atoms with E-state index >= 15 is 0 Å². The minimum Gasteiger partial charge on any atom is -0.493 e. The molecule has 0 spiro atoms. The number of anilines is 1. The van der Waals surface area contributed by atoms with Crippen LogP contribution < -0.4 is 14.8 Å². The number of aromatic amines is 1. The Kier molecular flexibility index (Phi) is 5.21. The lowest BCUT2D eigenvalue weighted by Gasteiger charge is -2.09. The summed E-state index contributed by atoms with van der Waals surface area (Å²) >= 11 is 0. The summed E-state index contributed by atoms with van der Waals surface area (Å²) in [6, 6.07) is 3.53. The predicted octanol–water partition coefficient (Wildman–Crippen LogP) is 2.94. The standard InChI is InChI=1S/C20H22N2O5/c1-11-12(5-6-19(23)27-4)10-21-15(11)7-14-13-8-17(25-2)18(26-3)9-16(13)22-20(14)24/h7-10,21H,5-6H2,1-4H3,(H,22,24). The quantitative estimate of drug-likeness (QED) is 0.603. The first kappa shape index (κ1) is 18.6. The Morgan fingerprint density at radius 1 is 1.15 bits per heavy atom. The molecular formula is C20H22N2O5. The smallest absolute Gasteiger partial charge is 0.305 e. The van der Waals surface area contributed by atoms with Gasteiger partial charge in [0.2, 0.25) is 0 Å². The third-order valence-corrected chi connectivity index (χ3v) is 4.71. The van der Waals surface area contributed by atoms with Crippen LogP contribution in [0, 0.1) is 6.92 Å². The first-order valence-corrected chi connectivity index (χ1v) is 8.51. The highest BCUT2D eigenvalue weighted by Gasteiger charge is 2.27. The highest BCUT2D eigenvalue weighted by molar-refractivity contribution is 6.35. The van der Waals surface area contributed by atoms with E-state index in [1.807, 2.05) is 19.2 Å². The topological polar surface area (TPSA) is 89.7 Å². The van der Waals surface area contributed by atoms with Gasteiger partial charge >= 0.3 is 5.97 Å². The van der Waals surface area contributed by atoms with Crippen LogP contribution >= 0.6 is 0 Å². The zero-order chi connectivity index (χ0) is 19.6. The number of rotatable bonds is 6. The van der Waals surface area contributed by atoms with Gasteiger partial charge in [-0.3, -0.25) is 9.59 Å². The Balaban J connectivity index is 1.94. The highest BCUT2D eigenvalue weighted by Crippen LogP contribution is 2.41. The number of aromatic nitrogens is 1. The molecule has 0 bridgehead atoms. The molecule has 1 aliphatic heterocycles. The number of benzene rings is 1. The van der Waals surface area contributed by atoms with Crippen LogP contribution in [0.15, 0.2) is 18.3 Å². The fraction of sp³-hybridized carbons (Fsp3) is 0.300. The van der Waals surface area contributed by atoms with Gasteiger partial charge in [0, 0.05) is 29.9 Å². The van der Waals surface area contributed by atoms with E-state index in [0.29, 0.717) is 35.6 Å². The molecule has 142 valence electrons. The summed E-state index contributed by atoms with van der Waals surface area (Å²) in [5.41, 5.74) is 4.80. The van der Waals surface area contributed by atoms with Gasteiger partial charge in [0.1, 0.15) is 0 Å². The third-order valence-electron chi connectivity index (χ3n) is 4.71. The molecule has 0 radical (unpaired) electrons. The van der Waals surface area contributed by atoms with Crippen LogP contribution in [0.5, 0.6) is 11.5 Å². The van der Waals surface area contributed by atoms with Crippen molar-refractivity contribution in [3.63, 3.8) is 0 Å². The molecule has 0 aliphatic carbocycles. The van der Waals surface area contributed by atoms with Crippen molar-refractivity contribution >= 4 is 29.2 Å². The molecule has 0 unspecified atom stereocenters. The Hall–Kier alpha value is -3.22. The minimum atomic E-state index is -0.249. The van der Waals surface area contributed by atoms with E-state index < -0.39 is 0 Å². The number of H-pyrrole nitrogens is 1. The monoisotopic (exact) mass is 370 g/mol. The molecule has 1 amide bonds. The molecular weight excluding hydrogens is 348 g/mol. The van der Waals surface area contributed by atoms with E-state index in [1.54, 1.807) is 26.4 Å². The van der Waals surface area contributed by atoms with Gasteiger partial charge in [-0.2, -0.15) is 0 Å². The zero-order valence-electron chi connectivity index (χ0n) is 15.8. The fourth-order valence-corrected chi connectivity index (χ4v) is 3.11. The van der Waals surface area contributed by atoms with Gasteiger partial charge in [-0.15, -0.1) is 0 Å². The largest absolute Gasteiger partial charge is 0.493 e. The molecule has 1 aromatic carbocycles. The molecule has 0 saturated carbocycles. The summed E-state index contributed by atoms with van der Waals surface area (Å²) in [5, 5.41) is 2.85. The molecule has 2 N–H and O–H groups in total. The van der Waals surface area contributed by atoms with Gasteiger partial charge in [-0.25, -0.2) is 0 Å². The number of ether oxygens (including phenoxy) is 3. The van der Waals surface area contributed by atoms with Crippen LogP contribution in [0.25, 0.3) is 11.6 Å².